The molecule has 1 N–H and O–H groups in total. The number of rotatable bonds is 6. The monoisotopic (exact) mass is 231 g/mol. The summed E-state index contributed by atoms with van der Waals surface area (Å²) >= 11 is 0. The molecule has 0 saturated carbocycles. The molecule has 0 radical (unpaired) electrons. The molecule has 92 valence electrons. The quantitative estimate of drug-likeness (QED) is 0.239. The standard InChI is InChI=1S/C10H17NO5/c1-7(12)8(10(13)16-4)5-11-6-9(14-2)15-3/h5,9,12H,6H2,1-4H3/b8-7-,11-5?. The molecule has 0 atom stereocenters. The van der Waals surface area contributed by atoms with Gasteiger partial charge in [0, 0.05) is 20.4 Å². The molecule has 0 bridgehead atoms. The third-order valence-corrected chi connectivity index (χ3v) is 1.80. The van der Waals surface area contributed by atoms with Crippen LogP contribution in [-0.2, 0) is 19.0 Å². The molecule has 0 saturated heterocycles. The Morgan fingerprint density at radius 2 is 1.94 bits per heavy atom. The van der Waals surface area contributed by atoms with Crippen LogP contribution in [0.2, 0.25) is 0 Å². The van der Waals surface area contributed by atoms with E-state index in [1.807, 2.05) is 0 Å². The number of ether oxygens (including phenoxy) is 3. The van der Waals surface area contributed by atoms with Gasteiger partial charge in [-0.1, -0.05) is 0 Å². The number of aliphatic hydroxyl groups is 1. The van der Waals surface area contributed by atoms with Crippen LogP contribution < -0.4 is 0 Å². The second-order valence-corrected chi connectivity index (χ2v) is 2.89. The van der Waals surface area contributed by atoms with Crippen molar-refractivity contribution >= 4 is 12.2 Å². The van der Waals surface area contributed by atoms with Gasteiger partial charge in [-0.05, 0) is 6.92 Å². The SMILES string of the molecule is COC(=O)/C(C=NCC(OC)OC)=C(/C)O. The van der Waals surface area contributed by atoms with Crippen LogP contribution >= 0.6 is 0 Å². The van der Waals surface area contributed by atoms with E-state index in [0.717, 1.165) is 0 Å². The molecule has 0 aliphatic rings. The molecule has 0 heterocycles. The summed E-state index contributed by atoms with van der Waals surface area (Å²) in [6.45, 7) is 1.60. The second kappa shape index (κ2) is 7.84. The number of aliphatic hydroxyl groups excluding tert-OH is 1. The largest absolute Gasteiger partial charge is 0.512 e. The van der Waals surface area contributed by atoms with Gasteiger partial charge in [-0.2, -0.15) is 0 Å². The van der Waals surface area contributed by atoms with Gasteiger partial charge in [-0.25, -0.2) is 4.79 Å². The number of allylic oxidation sites excluding steroid dienone is 1. The fourth-order valence-electron chi connectivity index (χ4n) is 0.879. The van der Waals surface area contributed by atoms with E-state index < -0.39 is 12.3 Å². The molecule has 6 heteroatoms. The summed E-state index contributed by atoms with van der Waals surface area (Å²) < 4.78 is 14.3. The maximum absolute atomic E-state index is 11.2. The topological polar surface area (TPSA) is 77.4 Å². The molecular formula is C10H17NO5. The zero-order valence-corrected chi connectivity index (χ0v) is 9.89. The molecule has 0 amide bonds. The summed E-state index contributed by atoms with van der Waals surface area (Å²) in [6, 6.07) is 0. The Bertz CT molecular complexity index is 277. The highest BCUT2D eigenvalue weighted by molar-refractivity contribution is 6.09. The number of hydrogen-bond acceptors (Lipinski definition) is 6. The lowest BCUT2D eigenvalue weighted by molar-refractivity contribution is -0.135. The molecule has 0 aromatic carbocycles. The third kappa shape index (κ3) is 4.90. The van der Waals surface area contributed by atoms with Crippen LogP contribution in [0.15, 0.2) is 16.3 Å². The molecular weight excluding hydrogens is 214 g/mol. The van der Waals surface area contributed by atoms with Gasteiger partial charge >= 0.3 is 5.97 Å². The van der Waals surface area contributed by atoms with Crippen LogP contribution in [-0.4, -0.2) is 51.5 Å². The first-order valence-electron chi connectivity index (χ1n) is 4.60. The number of methoxy groups -OCH3 is 3. The molecule has 6 nitrogen and oxygen atoms in total. The lowest BCUT2D eigenvalue weighted by Crippen LogP contribution is -2.17. The average Bonchev–Trinajstić information content (AvgIpc) is 2.28. The van der Waals surface area contributed by atoms with E-state index in [2.05, 4.69) is 9.73 Å². The fraction of sp³-hybridized carbons (Fsp3) is 0.600. The maximum atomic E-state index is 11.2. The Balaban J connectivity index is 4.49. The average molecular weight is 231 g/mol. The van der Waals surface area contributed by atoms with Crippen LogP contribution in [0.4, 0.5) is 0 Å². The summed E-state index contributed by atoms with van der Waals surface area (Å²) in [5, 5.41) is 9.22. The zero-order chi connectivity index (χ0) is 12.6. The summed E-state index contributed by atoms with van der Waals surface area (Å²) in [7, 11) is 4.20. The molecule has 0 aliphatic carbocycles. The molecule has 0 aromatic rings. The highest BCUT2D eigenvalue weighted by Gasteiger charge is 2.11. The van der Waals surface area contributed by atoms with Crippen molar-refractivity contribution < 1.29 is 24.1 Å². The van der Waals surface area contributed by atoms with Crippen LogP contribution in [0, 0.1) is 0 Å². The normalized spacial score (nSPS) is 13.1. The third-order valence-electron chi connectivity index (χ3n) is 1.80. The van der Waals surface area contributed by atoms with Gasteiger partial charge in [0.05, 0.1) is 13.7 Å². The highest BCUT2D eigenvalue weighted by atomic mass is 16.7. The van der Waals surface area contributed by atoms with E-state index >= 15 is 0 Å². The van der Waals surface area contributed by atoms with Crippen molar-refractivity contribution in [3.8, 4) is 0 Å². The van der Waals surface area contributed by atoms with Gasteiger partial charge in [0.25, 0.3) is 0 Å². The van der Waals surface area contributed by atoms with E-state index in [9.17, 15) is 9.90 Å². The number of carbonyl (C=O) groups excluding carboxylic acids is 1. The number of esters is 1. The molecule has 0 spiro atoms. The molecule has 16 heavy (non-hydrogen) atoms. The van der Waals surface area contributed by atoms with Gasteiger partial charge < -0.3 is 19.3 Å². The highest BCUT2D eigenvalue weighted by Crippen LogP contribution is 2.01. The zero-order valence-electron chi connectivity index (χ0n) is 9.89. The van der Waals surface area contributed by atoms with Gasteiger partial charge in [0.15, 0.2) is 6.29 Å². The number of nitrogens with zero attached hydrogens (tertiary/aromatic N) is 1. The Morgan fingerprint density at radius 1 is 1.38 bits per heavy atom. The molecule has 0 rings (SSSR count). The van der Waals surface area contributed by atoms with E-state index in [-0.39, 0.29) is 17.9 Å². The van der Waals surface area contributed by atoms with Crippen molar-refractivity contribution in [2.24, 2.45) is 4.99 Å². The van der Waals surface area contributed by atoms with Crippen LogP contribution in [0.3, 0.4) is 0 Å². The lowest BCUT2D eigenvalue weighted by atomic mass is 10.2. The van der Waals surface area contributed by atoms with Gasteiger partial charge in [-0.3, -0.25) is 4.99 Å². The van der Waals surface area contributed by atoms with Crippen molar-refractivity contribution in [2.75, 3.05) is 27.9 Å². The number of carbonyl (C=O) groups is 1. The second-order valence-electron chi connectivity index (χ2n) is 2.89. The van der Waals surface area contributed by atoms with Crippen LogP contribution in [0.5, 0.6) is 0 Å². The van der Waals surface area contributed by atoms with Crippen molar-refractivity contribution in [3.05, 3.63) is 11.3 Å². The smallest absolute Gasteiger partial charge is 0.342 e. The van der Waals surface area contributed by atoms with E-state index in [0.29, 0.717) is 0 Å². The van der Waals surface area contributed by atoms with Crippen LogP contribution in [0.1, 0.15) is 6.92 Å². The van der Waals surface area contributed by atoms with Gasteiger partial charge in [0.2, 0.25) is 0 Å². The Hall–Kier alpha value is -1.40. The predicted molar refractivity (Wildman–Crippen MR) is 58.5 cm³/mol. The molecule has 0 unspecified atom stereocenters. The van der Waals surface area contributed by atoms with Crippen molar-refractivity contribution in [3.63, 3.8) is 0 Å². The minimum atomic E-state index is -0.643. The Morgan fingerprint density at radius 3 is 2.31 bits per heavy atom. The first kappa shape index (κ1) is 14.6. The fourth-order valence-corrected chi connectivity index (χ4v) is 0.879. The maximum Gasteiger partial charge on any atom is 0.342 e. The summed E-state index contributed by atoms with van der Waals surface area (Å²) in [5.41, 5.74) is 0.00783. The number of hydrogen-bond donors (Lipinski definition) is 1. The lowest BCUT2D eigenvalue weighted by Gasteiger charge is -2.09. The number of aliphatic imine (C=N–C) groups is 1. The minimum absolute atomic E-state index is 0.00783. The van der Waals surface area contributed by atoms with E-state index in [1.165, 1.54) is 34.5 Å². The summed E-state index contributed by atoms with van der Waals surface area (Å²) in [6.07, 6.45) is 0.751. The van der Waals surface area contributed by atoms with Crippen molar-refractivity contribution in [1.29, 1.82) is 0 Å². The molecule has 0 aromatic heterocycles. The van der Waals surface area contributed by atoms with Gasteiger partial charge in [0.1, 0.15) is 11.3 Å². The first-order chi connectivity index (χ1) is 7.56. The minimum Gasteiger partial charge on any atom is -0.512 e. The van der Waals surface area contributed by atoms with Crippen molar-refractivity contribution in [2.45, 2.75) is 13.2 Å². The predicted octanol–water partition coefficient (Wildman–Crippen LogP) is 0.681. The van der Waals surface area contributed by atoms with E-state index in [1.54, 1.807) is 0 Å². The Labute approximate surface area is 94.5 Å². The van der Waals surface area contributed by atoms with E-state index in [4.69, 9.17) is 9.47 Å². The van der Waals surface area contributed by atoms with Gasteiger partial charge in [-0.15, -0.1) is 0 Å². The van der Waals surface area contributed by atoms with Crippen molar-refractivity contribution in [1.82, 2.24) is 0 Å². The van der Waals surface area contributed by atoms with Crippen LogP contribution in [0.25, 0.3) is 0 Å². The molecule has 0 aliphatic heterocycles. The first-order valence-corrected chi connectivity index (χ1v) is 4.60. The Kier molecular flexibility index (Phi) is 7.15. The summed E-state index contributed by atoms with van der Waals surface area (Å²) in [4.78, 5) is 15.1. The molecule has 0 fully saturated rings. The summed E-state index contributed by atoms with van der Waals surface area (Å²) in [5.74, 6) is -0.794.